The Balaban J connectivity index is 1.26. The van der Waals surface area contributed by atoms with Crippen molar-refractivity contribution in [2.24, 2.45) is 17.6 Å². The highest BCUT2D eigenvalue weighted by molar-refractivity contribution is 5.90. The molecule has 3 N–H and O–H groups in total. The molecule has 9 heteroatoms. The van der Waals surface area contributed by atoms with Crippen molar-refractivity contribution in [3.8, 4) is 0 Å². The van der Waals surface area contributed by atoms with Gasteiger partial charge in [0.25, 0.3) is 0 Å². The first-order chi connectivity index (χ1) is 16.5. The molecule has 9 nitrogen and oxygen atoms in total. The normalized spacial score (nSPS) is 32.4. The van der Waals surface area contributed by atoms with Crippen LogP contribution in [0.3, 0.4) is 0 Å². The monoisotopic (exact) mass is 475 g/mol. The lowest BCUT2D eigenvalue weighted by atomic mass is 9.91. The number of nitrogens with zero attached hydrogens (tertiary/aromatic N) is 3. The minimum Gasteiger partial charge on any atom is -0.379 e. The van der Waals surface area contributed by atoms with E-state index in [1.165, 1.54) is 0 Å². The number of nitrogens with one attached hydrogen (secondary N) is 1. The molecule has 3 aliphatic carbocycles. The summed E-state index contributed by atoms with van der Waals surface area (Å²) in [6.45, 7) is 5.19. The molecule has 0 aromatic carbocycles. The van der Waals surface area contributed by atoms with Crippen molar-refractivity contribution in [2.45, 2.75) is 82.0 Å². The molecular weight excluding hydrogens is 434 g/mol. The molecule has 0 spiro atoms. The van der Waals surface area contributed by atoms with Gasteiger partial charge in [0.2, 0.25) is 17.7 Å². The highest BCUT2D eigenvalue weighted by Gasteiger charge is 2.48. The summed E-state index contributed by atoms with van der Waals surface area (Å²) in [5, 5.41) is 3.22. The van der Waals surface area contributed by atoms with Crippen molar-refractivity contribution >= 4 is 17.7 Å². The topological polar surface area (TPSA) is 108 Å². The van der Waals surface area contributed by atoms with Gasteiger partial charge in [-0.1, -0.05) is 0 Å². The fraction of sp³-hybridized carbons (Fsp3) is 0.880. The van der Waals surface area contributed by atoms with Crippen LogP contribution in [-0.4, -0.2) is 103 Å². The number of hydrogen-bond acceptors (Lipinski definition) is 6. The summed E-state index contributed by atoms with van der Waals surface area (Å²) < 4.78 is 5.46. The lowest BCUT2D eigenvalue weighted by Crippen LogP contribution is -2.50. The Hall–Kier alpha value is -1.71. The zero-order valence-corrected chi connectivity index (χ0v) is 20.3. The Bertz CT molecular complexity index is 756. The number of amides is 3. The van der Waals surface area contributed by atoms with Crippen LogP contribution in [0.25, 0.3) is 0 Å². The van der Waals surface area contributed by atoms with Gasteiger partial charge in [0.15, 0.2) is 0 Å². The van der Waals surface area contributed by atoms with E-state index in [4.69, 9.17) is 10.5 Å². The maximum atomic E-state index is 13.4. The maximum absolute atomic E-state index is 13.4. The van der Waals surface area contributed by atoms with Crippen LogP contribution >= 0.6 is 0 Å². The smallest absolute Gasteiger partial charge is 0.243 e. The molecule has 0 aromatic rings. The summed E-state index contributed by atoms with van der Waals surface area (Å²) >= 11 is 0. The molecule has 3 saturated carbocycles. The molecule has 3 amide bonds. The number of carbonyl (C=O) groups excluding carboxylic acids is 3. The summed E-state index contributed by atoms with van der Waals surface area (Å²) in [6, 6.07) is -0.209. The first-order valence-corrected chi connectivity index (χ1v) is 13.5. The van der Waals surface area contributed by atoms with E-state index < -0.39 is 6.04 Å². The molecule has 34 heavy (non-hydrogen) atoms. The number of likely N-dealkylation sites (tertiary alicyclic amines) is 1. The number of ether oxygens (including phenoxy) is 1. The number of morpholine rings is 1. The molecule has 2 heterocycles. The highest BCUT2D eigenvalue weighted by atomic mass is 16.5. The van der Waals surface area contributed by atoms with Gasteiger partial charge in [-0.05, 0) is 57.8 Å². The number of rotatable bonds is 8. The molecule has 2 saturated heterocycles. The quantitative estimate of drug-likeness (QED) is 0.524. The van der Waals surface area contributed by atoms with Crippen LogP contribution in [0.4, 0.5) is 0 Å². The van der Waals surface area contributed by atoms with E-state index in [1.807, 2.05) is 4.90 Å². The van der Waals surface area contributed by atoms with Crippen molar-refractivity contribution in [3.05, 3.63) is 0 Å². The van der Waals surface area contributed by atoms with Gasteiger partial charge in [0.05, 0.1) is 19.3 Å². The van der Waals surface area contributed by atoms with E-state index in [0.29, 0.717) is 19.5 Å². The molecule has 2 unspecified atom stereocenters. The van der Waals surface area contributed by atoms with Gasteiger partial charge in [0, 0.05) is 56.6 Å². The number of nitrogens with two attached hydrogens (primary N) is 1. The van der Waals surface area contributed by atoms with Crippen molar-refractivity contribution in [1.82, 2.24) is 20.0 Å². The Kier molecular flexibility index (Phi) is 7.41. The van der Waals surface area contributed by atoms with E-state index in [9.17, 15) is 14.4 Å². The maximum Gasteiger partial charge on any atom is 0.243 e. The molecule has 0 radical (unpaired) electrons. The summed E-state index contributed by atoms with van der Waals surface area (Å²) in [4.78, 5) is 46.0. The standard InChI is InChI=1S/C25H41N5O4/c26-19-5-7-20(8-6-19)27-23(31)22-15-21(16-30(22)25(33)18-3-4-18)29(24(32)17-1-2-17)10-9-28-11-13-34-14-12-28/h17-22H,1-16,26H2,(H,27,31). The molecule has 0 bridgehead atoms. The van der Waals surface area contributed by atoms with Gasteiger partial charge in [-0.3, -0.25) is 19.3 Å². The largest absolute Gasteiger partial charge is 0.379 e. The van der Waals surface area contributed by atoms with Crippen molar-refractivity contribution in [3.63, 3.8) is 0 Å². The van der Waals surface area contributed by atoms with E-state index in [-0.39, 0.29) is 47.7 Å². The molecule has 5 fully saturated rings. The molecule has 2 atom stereocenters. The second-order valence-electron chi connectivity index (χ2n) is 11.1. The summed E-state index contributed by atoms with van der Waals surface area (Å²) in [6.07, 6.45) is 7.92. The van der Waals surface area contributed by atoms with Gasteiger partial charge < -0.3 is 25.6 Å². The second kappa shape index (κ2) is 10.5. The van der Waals surface area contributed by atoms with Crippen LogP contribution < -0.4 is 11.1 Å². The van der Waals surface area contributed by atoms with Gasteiger partial charge >= 0.3 is 0 Å². The van der Waals surface area contributed by atoms with Gasteiger partial charge in [-0.2, -0.15) is 0 Å². The highest BCUT2D eigenvalue weighted by Crippen LogP contribution is 2.37. The van der Waals surface area contributed by atoms with E-state index in [0.717, 1.165) is 84.2 Å². The second-order valence-corrected chi connectivity index (χ2v) is 11.1. The predicted molar refractivity (Wildman–Crippen MR) is 127 cm³/mol. The fourth-order valence-corrected chi connectivity index (χ4v) is 5.77. The Morgan fingerprint density at radius 1 is 0.941 bits per heavy atom. The minimum atomic E-state index is -0.480. The minimum absolute atomic E-state index is 0.0519. The van der Waals surface area contributed by atoms with E-state index in [1.54, 1.807) is 4.90 Å². The first-order valence-electron chi connectivity index (χ1n) is 13.5. The third-order valence-corrected chi connectivity index (χ3v) is 8.32. The van der Waals surface area contributed by atoms with Gasteiger partial charge in [-0.25, -0.2) is 0 Å². The van der Waals surface area contributed by atoms with Crippen molar-refractivity contribution in [1.29, 1.82) is 0 Å². The van der Waals surface area contributed by atoms with Crippen LogP contribution in [0.15, 0.2) is 0 Å². The van der Waals surface area contributed by atoms with Crippen molar-refractivity contribution in [2.75, 3.05) is 45.9 Å². The number of hydrogen-bond donors (Lipinski definition) is 2. The Labute approximate surface area is 202 Å². The molecule has 2 aliphatic heterocycles. The predicted octanol–water partition coefficient (Wildman–Crippen LogP) is 0.323. The zero-order chi connectivity index (χ0) is 23.7. The van der Waals surface area contributed by atoms with E-state index >= 15 is 0 Å². The molecular formula is C25H41N5O4. The van der Waals surface area contributed by atoms with Crippen LogP contribution in [0.1, 0.15) is 57.8 Å². The summed E-state index contributed by atoms with van der Waals surface area (Å²) in [5.41, 5.74) is 6.03. The first kappa shape index (κ1) is 24.0. The molecule has 5 aliphatic rings. The summed E-state index contributed by atoms with van der Waals surface area (Å²) in [7, 11) is 0. The molecule has 190 valence electrons. The fourth-order valence-electron chi connectivity index (χ4n) is 5.77. The lowest BCUT2D eigenvalue weighted by Gasteiger charge is -2.33. The van der Waals surface area contributed by atoms with E-state index in [2.05, 4.69) is 10.2 Å². The SMILES string of the molecule is NC1CCC(NC(=O)C2CC(N(CCN3CCOCC3)C(=O)C3CC3)CN2C(=O)C2CC2)CC1. The Morgan fingerprint density at radius 2 is 1.62 bits per heavy atom. The van der Waals surface area contributed by atoms with Crippen LogP contribution in [0, 0.1) is 11.8 Å². The molecule has 5 rings (SSSR count). The lowest BCUT2D eigenvalue weighted by molar-refractivity contribution is -0.140. The third-order valence-electron chi connectivity index (χ3n) is 8.32. The van der Waals surface area contributed by atoms with Gasteiger partial charge in [-0.15, -0.1) is 0 Å². The van der Waals surface area contributed by atoms with Crippen molar-refractivity contribution < 1.29 is 19.1 Å². The average molecular weight is 476 g/mol. The van der Waals surface area contributed by atoms with Crippen LogP contribution in [0.5, 0.6) is 0 Å². The third kappa shape index (κ3) is 5.74. The zero-order valence-electron chi connectivity index (χ0n) is 20.3. The Morgan fingerprint density at radius 3 is 2.26 bits per heavy atom. The average Bonchev–Trinajstić information content (AvgIpc) is 3.77. The molecule has 0 aromatic heterocycles. The van der Waals surface area contributed by atoms with Crippen LogP contribution in [-0.2, 0) is 19.1 Å². The van der Waals surface area contributed by atoms with Crippen LogP contribution in [0.2, 0.25) is 0 Å². The number of carbonyl (C=O) groups is 3. The van der Waals surface area contributed by atoms with Gasteiger partial charge in [0.1, 0.15) is 6.04 Å². The summed E-state index contributed by atoms with van der Waals surface area (Å²) in [5.74, 6) is 0.433.